The van der Waals surface area contributed by atoms with E-state index in [0.717, 1.165) is 31.7 Å². The van der Waals surface area contributed by atoms with Crippen LogP contribution in [0.2, 0.25) is 0 Å². The summed E-state index contributed by atoms with van der Waals surface area (Å²) in [5.74, 6) is 2.05. The van der Waals surface area contributed by atoms with E-state index in [2.05, 4.69) is 43.9 Å². The van der Waals surface area contributed by atoms with Crippen LogP contribution < -0.4 is 5.32 Å². The highest BCUT2D eigenvalue weighted by atomic mass is 32.2. The van der Waals surface area contributed by atoms with E-state index >= 15 is 0 Å². The normalized spacial score (nSPS) is 30.1. The Balaban J connectivity index is 2.36. The zero-order valence-electron chi connectivity index (χ0n) is 11.5. The van der Waals surface area contributed by atoms with E-state index in [1.807, 2.05) is 0 Å². The molecule has 0 radical (unpaired) electrons. The molecule has 1 N–H and O–H groups in total. The van der Waals surface area contributed by atoms with Crippen LogP contribution in [0.15, 0.2) is 0 Å². The molecule has 98 valence electrons. The molecular weight excluding hydrogens is 228 g/mol. The number of nitrogens with one attached hydrogen (secondary N) is 1. The largest absolute Gasteiger partial charge is 0.299 e. The maximum atomic E-state index is 9.36. The molecule has 3 atom stereocenters. The molecule has 1 aliphatic carbocycles. The molecule has 1 saturated carbocycles. The lowest BCUT2D eigenvalue weighted by atomic mass is 10.00. The summed E-state index contributed by atoms with van der Waals surface area (Å²) in [6.07, 6.45) is 5.63. The fourth-order valence-electron chi connectivity index (χ4n) is 2.23. The van der Waals surface area contributed by atoms with Gasteiger partial charge in [-0.25, -0.2) is 0 Å². The van der Waals surface area contributed by atoms with Crippen molar-refractivity contribution in [2.24, 2.45) is 5.92 Å². The van der Waals surface area contributed by atoms with Crippen LogP contribution in [-0.4, -0.2) is 23.1 Å². The second-order valence-electron chi connectivity index (χ2n) is 5.33. The van der Waals surface area contributed by atoms with Gasteiger partial charge in [0.1, 0.15) is 5.54 Å². The fourth-order valence-corrected chi connectivity index (χ4v) is 3.75. The Kier molecular flexibility index (Phi) is 6.37. The first-order chi connectivity index (χ1) is 8.15. The molecule has 2 nitrogen and oxygen atoms in total. The molecule has 1 fully saturated rings. The molecule has 0 aromatic heterocycles. The van der Waals surface area contributed by atoms with Crippen LogP contribution in [0.3, 0.4) is 0 Å². The first-order valence-corrected chi connectivity index (χ1v) is 7.98. The minimum atomic E-state index is -0.219. The second kappa shape index (κ2) is 7.28. The van der Waals surface area contributed by atoms with Crippen LogP contribution in [0.1, 0.15) is 52.9 Å². The SMILES string of the molecule is CCCNC1(C#N)CCC(SCC(C)CC)C1. The van der Waals surface area contributed by atoms with Crippen molar-refractivity contribution in [1.29, 1.82) is 5.26 Å². The van der Waals surface area contributed by atoms with Crippen molar-refractivity contribution >= 4 is 11.8 Å². The standard InChI is InChI=1S/C14H26N2S/c1-4-8-16-14(11-15)7-6-13(9-14)17-10-12(3)5-2/h12-13,16H,4-10H2,1-3H3. The van der Waals surface area contributed by atoms with Crippen LogP contribution in [0.5, 0.6) is 0 Å². The Hall–Kier alpha value is -0.200. The quantitative estimate of drug-likeness (QED) is 0.754. The zero-order valence-corrected chi connectivity index (χ0v) is 12.3. The van der Waals surface area contributed by atoms with Gasteiger partial charge < -0.3 is 0 Å². The third-order valence-corrected chi connectivity index (χ3v) is 5.35. The van der Waals surface area contributed by atoms with E-state index in [9.17, 15) is 5.26 Å². The maximum absolute atomic E-state index is 9.36. The smallest absolute Gasteiger partial charge is 0.107 e. The third kappa shape index (κ3) is 4.52. The topological polar surface area (TPSA) is 35.8 Å². The third-order valence-electron chi connectivity index (χ3n) is 3.71. The molecule has 0 amide bonds. The molecule has 0 spiro atoms. The zero-order chi connectivity index (χ0) is 12.7. The van der Waals surface area contributed by atoms with Crippen molar-refractivity contribution in [3.8, 4) is 6.07 Å². The fraction of sp³-hybridized carbons (Fsp3) is 0.929. The van der Waals surface area contributed by atoms with Gasteiger partial charge >= 0.3 is 0 Å². The van der Waals surface area contributed by atoms with Gasteiger partial charge in [-0.2, -0.15) is 17.0 Å². The summed E-state index contributed by atoms with van der Waals surface area (Å²) < 4.78 is 0. The molecule has 17 heavy (non-hydrogen) atoms. The van der Waals surface area contributed by atoms with Gasteiger partial charge in [0.15, 0.2) is 0 Å². The Bertz CT molecular complexity index is 261. The predicted octanol–water partition coefficient (Wildman–Crippen LogP) is 3.58. The van der Waals surface area contributed by atoms with Gasteiger partial charge in [0.25, 0.3) is 0 Å². The van der Waals surface area contributed by atoms with Gasteiger partial charge in [0.2, 0.25) is 0 Å². The molecule has 3 unspecified atom stereocenters. The minimum absolute atomic E-state index is 0.219. The molecule has 0 bridgehead atoms. The number of nitrogens with zero attached hydrogens (tertiary/aromatic N) is 1. The summed E-state index contributed by atoms with van der Waals surface area (Å²) in [4.78, 5) is 0. The summed E-state index contributed by atoms with van der Waals surface area (Å²) >= 11 is 2.08. The summed E-state index contributed by atoms with van der Waals surface area (Å²) in [7, 11) is 0. The predicted molar refractivity (Wildman–Crippen MR) is 76.2 cm³/mol. The van der Waals surface area contributed by atoms with Crippen molar-refractivity contribution in [3.63, 3.8) is 0 Å². The van der Waals surface area contributed by atoms with Gasteiger partial charge in [-0.15, -0.1) is 0 Å². The van der Waals surface area contributed by atoms with Crippen molar-refractivity contribution < 1.29 is 0 Å². The highest BCUT2D eigenvalue weighted by Gasteiger charge is 2.38. The molecular formula is C14H26N2S. The highest BCUT2D eigenvalue weighted by Crippen LogP contribution is 2.37. The highest BCUT2D eigenvalue weighted by molar-refractivity contribution is 7.99. The Morgan fingerprint density at radius 3 is 2.88 bits per heavy atom. The Labute approximate surface area is 111 Å². The van der Waals surface area contributed by atoms with E-state index in [1.54, 1.807) is 0 Å². The van der Waals surface area contributed by atoms with Crippen LogP contribution in [-0.2, 0) is 0 Å². The number of hydrogen-bond acceptors (Lipinski definition) is 3. The summed E-state index contributed by atoms with van der Waals surface area (Å²) in [6, 6.07) is 2.52. The van der Waals surface area contributed by atoms with Crippen LogP contribution >= 0.6 is 11.8 Å². The van der Waals surface area contributed by atoms with E-state index in [1.165, 1.54) is 18.6 Å². The first-order valence-electron chi connectivity index (χ1n) is 6.93. The first kappa shape index (κ1) is 14.9. The molecule has 0 aliphatic heterocycles. The van der Waals surface area contributed by atoms with E-state index in [0.29, 0.717) is 5.25 Å². The minimum Gasteiger partial charge on any atom is -0.299 e. The summed E-state index contributed by atoms with van der Waals surface area (Å²) in [5.41, 5.74) is -0.219. The van der Waals surface area contributed by atoms with Gasteiger partial charge in [0, 0.05) is 5.25 Å². The van der Waals surface area contributed by atoms with Gasteiger partial charge in [0.05, 0.1) is 6.07 Å². The van der Waals surface area contributed by atoms with Gasteiger partial charge in [-0.3, -0.25) is 5.32 Å². The van der Waals surface area contributed by atoms with E-state index < -0.39 is 0 Å². The lowest BCUT2D eigenvalue weighted by Gasteiger charge is -2.22. The second-order valence-corrected chi connectivity index (χ2v) is 6.67. The van der Waals surface area contributed by atoms with E-state index in [-0.39, 0.29) is 5.54 Å². The maximum Gasteiger partial charge on any atom is 0.107 e. The lowest BCUT2D eigenvalue weighted by Crippen LogP contribution is -2.42. The Morgan fingerprint density at radius 2 is 2.29 bits per heavy atom. The van der Waals surface area contributed by atoms with Crippen molar-refractivity contribution in [2.45, 2.75) is 63.7 Å². The molecule has 3 heteroatoms. The Morgan fingerprint density at radius 1 is 1.53 bits per heavy atom. The molecule has 0 heterocycles. The molecule has 1 rings (SSSR count). The number of rotatable bonds is 7. The molecule has 1 aliphatic rings. The number of hydrogen-bond donors (Lipinski definition) is 1. The van der Waals surface area contributed by atoms with Gasteiger partial charge in [-0.05, 0) is 43.9 Å². The molecule has 0 saturated heterocycles. The summed E-state index contributed by atoms with van der Waals surface area (Å²) in [5, 5.41) is 13.5. The van der Waals surface area contributed by atoms with Crippen LogP contribution in [0.25, 0.3) is 0 Å². The van der Waals surface area contributed by atoms with Gasteiger partial charge in [-0.1, -0.05) is 27.2 Å². The monoisotopic (exact) mass is 254 g/mol. The van der Waals surface area contributed by atoms with Crippen LogP contribution in [0.4, 0.5) is 0 Å². The molecule has 0 aromatic carbocycles. The average molecular weight is 254 g/mol. The lowest BCUT2D eigenvalue weighted by molar-refractivity contribution is 0.424. The van der Waals surface area contributed by atoms with E-state index in [4.69, 9.17) is 0 Å². The molecule has 0 aromatic rings. The average Bonchev–Trinajstić information content (AvgIpc) is 2.78. The van der Waals surface area contributed by atoms with Crippen LogP contribution in [0, 0.1) is 17.2 Å². The van der Waals surface area contributed by atoms with Crippen molar-refractivity contribution in [1.82, 2.24) is 5.32 Å². The number of thioether (sulfide) groups is 1. The summed E-state index contributed by atoms with van der Waals surface area (Å²) in [6.45, 7) is 7.69. The number of nitriles is 1. The van der Waals surface area contributed by atoms with Crippen molar-refractivity contribution in [2.75, 3.05) is 12.3 Å². The van der Waals surface area contributed by atoms with Crippen molar-refractivity contribution in [3.05, 3.63) is 0 Å².